The average Bonchev–Trinajstić information content (AvgIpc) is 2.82. The van der Waals surface area contributed by atoms with Crippen LogP contribution in [0.4, 0.5) is 0 Å². The molecule has 0 bridgehead atoms. The van der Waals surface area contributed by atoms with Gasteiger partial charge in [0.1, 0.15) is 11.6 Å². The molecule has 0 saturated carbocycles. The van der Waals surface area contributed by atoms with Gasteiger partial charge in [-0.15, -0.1) is 0 Å². The van der Waals surface area contributed by atoms with Crippen molar-refractivity contribution in [2.45, 2.75) is 24.5 Å². The van der Waals surface area contributed by atoms with Gasteiger partial charge in [0.2, 0.25) is 0 Å². The molecule has 2 heterocycles. The number of carbonyl (C=O) groups excluding carboxylic acids is 1. The fourth-order valence-electron chi connectivity index (χ4n) is 2.28. The van der Waals surface area contributed by atoms with Crippen LogP contribution < -0.4 is 10.3 Å². The van der Waals surface area contributed by atoms with E-state index in [-0.39, 0.29) is 5.56 Å². The largest absolute Gasteiger partial charge is 0.469 e. The summed E-state index contributed by atoms with van der Waals surface area (Å²) in [6.45, 7) is -0.600. The predicted molar refractivity (Wildman–Crippen MR) is 76.0 cm³/mol. The predicted octanol–water partition coefficient (Wildman–Crippen LogP) is -0.881. The van der Waals surface area contributed by atoms with E-state index in [0.717, 1.165) is 0 Å². The zero-order valence-corrected chi connectivity index (χ0v) is 13.0. The number of aliphatic hydroxyl groups excluding tert-OH is 1. The van der Waals surface area contributed by atoms with Crippen LogP contribution in [0.3, 0.4) is 0 Å². The monoisotopic (exact) mass is 360 g/mol. The second-order valence-electron chi connectivity index (χ2n) is 4.94. The van der Waals surface area contributed by atoms with Crippen LogP contribution in [-0.2, 0) is 13.8 Å². The number of ether oxygens (including phenoxy) is 1. The van der Waals surface area contributed by atoms with Crippen molar-refractivity contribution in [1.82, 2.24) is 0 Å². The molecule has 0 spiro atoms. The van der Waals surface area contributed by atoms with E-state index in [1.807, 2.05) is 0 Å². The maximum atomic E-state index is 11.2. The van der Waals surface area contributed by atoms with Gasteiger partial charge in [-0.25, -0.2) is 4.57 Å². The van der Waals surface area contributed by atoms with E-state index in [2.05, 4.69) is 14.5 Å². The number of phosphoric ester groups is 1. The van der Waals surface area contributed by atoms with E-state index >= 15 is 0 Å². The van der Waals surface area contributed by atoms with E-state index in [1.54, 1.807) is 0 Å². The molecule has 4 atom stereocenters. The number of nitrogens with zero attached hydrogens (tertiary/aromatic N) is 4. The summed E-state index contributed by atoms with van der Waals surface area (Å²) in [6.07, 6.45) is -0.683. The van der Waals surface area contributed by atoms with Crippen LogP contribution in [0.5, 0.6) is 0 Å². The minimum atomic E-state index is -4.76. The zero-order valence-electron chi connectivity index (χ0n) is 12.1. The van der Waals surface area contributed by atoms with E-state index in [0.29, 0.717) is 0 Å². The van der Waals surface area contributed by atoms with E-state index in [1.165, 1.54) is 29.1 Å². The molecule has 1 aliphatic rings. The highest BCUT2D eigenvalue weighted by Crippen LogP contribution is 2.38. The van der Waals surface area contributed by atoms with Crippen molar-refractivity contribution in [3.8, 4) is 0 Å². The van der Waals surface area contributed by atoms with Gasteiger partial charge in [0.15, 0.2) is 18.5 Å². The lowest BCUT2D eigenvalue weighted by Gasteiger charge is -2.14. The number of carbonyl (C=O) groups is 1. The normalized spacial score (nSPS) is 26.8. The number of rotatable bonds is 6. The fourth-order valence-corrected chi connectivity index (χ4v) is 2.62. The van der Waals surface area contributed by atoms with Gasteiger partial charge >= 0.3 is 7.82 Å². The third kappa shape index (κ3) is 4.28. The molecule has 24 heavy (non-hydrogen) atoms. The minimum absolute atomic E-state index is 0.156. The Morgan fingerprint density at radius 2 is 2.29 bits per heavy atom. The van der Waals surface area contributed by atoms with Crippen molar-refractivity contribution in [2.24, 2.45) is 10.8 Å². The van der Waals surface area contributed by atoms with Crippen molar-refractivity contribution < 1.29 is 38.1 Å². The highest BCUT2D eigenvalue weighted by molar-refractivity contribution is 7.46. The quantitative estimate of drug-likeness (QED) is 0.166. The van der Waals surface area contributed by atoms with Gasteiger partial charge in [0.25, 0.3) is 12.1 Å². The molecule has 12 nitrogen and oxygen atoms in total. The lowest BCUT2D eigenvalue weighted by Crippen LogP contribution is -2.46. The molecule has 1 fully saturated rings. The Morgan fingerprint density at radius 3 is 2.88 bits per heavy atom. The van der Waals surface area contributed by atoms with Crippen LogP contribution in [0.25, 0.3) is 10.4 Å². The number of hydrogen-bond acceptors (Lipinski definition) is 6. The Bertz CT molecular complexity index is 718. The molecule has 1 unspecified atom stereocenters. The van der Waals surface area contributed by atoms with E-state index in [9.17, 15) is 14.5 Å². The lowest BCUT2D eigenvalue weighted by molar-refractivity contribution is -0.765. The molecule has 0 aliphatic carbocycles. The lowest BCUT2D eigenvalue weighted by atomic mass is 10.1. The van der Waals surface area contributed by atoms with E-state index < -0.39 is 44.8 Å². The molecule has 5 N–H and O–H groups in total. The van der Waals surface area contributed by atoms with Crippen LogP contribution in [0, 0.1) is 0 Å². The molecule has 2 rings (SSSR count). The summed E-state index contributed by atoms with van der Waals surface area (Å²) < 4.78 is 22.0. The number of nitrogens with two attached hydrogens (primary N) is 1. The topological polar surface area (TPSA) is 192 Å². The van der Waals surface area contributed by atoms with Gasteiger partial charge in [0.05, 0.1) is 12.7 Å². The van der Waals surface area contributed by atoms with Gasteiger partial charge in [-0.2, -0.15) is 4.57 Å². The second kappa shape index (κ2) is 7.24. The summed E-state index contributed by atoms with van der Waals surface area (Å²) in [5.74, 6) is -0.690. The molecular weight excluding hydrogens is 345 g/mol. The van der Waals surface area contributed by atoms with E-state index in [4.69, 9.17) is 25.8 Å². The Balaban J connectivity index is 2.25. The SMILES string of the molecule is [N-]=[N+]=NC1[C@@H](O)[C@H]([n+]2cccc(C(N)=O)c2)O[C@@H]1COP(=O)(O)O. The van der Waals surface area contributed by atoms with Crippen molar-refractivity contribution in [1.29, 1.82) is 0 Å². The summed E-state index contributed by atoms with van der Waals surface area (Å²) in [6, 6.07) is 1.81. The highest BCUT2D eigenvalue weighted by Gasteiger charge is 2.49. The standard InChI is InChI=1S/C11H14N5O7P/c12-10(18)6-2-1-3-16(4-6)11-9(17)8(14-15-13)7(23-11)5-22-24(19,20)21/h1-4,7-9,11,17H,5H2,(H3-,12,18,19,20,21)/p+1/t7-,8?,9-,11-/m1/s1. The van der Waals surface area contributed by atoms with Crippen LogP contribution in [0.1, 0.15) is 16.6 Å². The fraction of sp³-hybridized carbons (Fsp3) is 0.455. The molecule has 0 radical (unpaired) electrons. The van der Waals surface area contributed by atoms with Gasteiger partial charge in [-0.05, 0) is 11.6 Å². The average molecular weight is 360 g/mol. The van der Waals surface area contributed by atoms with Crippen LogP contribution in [0.2, 0.25) is 0 Å². The van der Waals surface area contributed by atoms with Gasteiger partial charge in [-0.3, -0.25) is 9.32 Å². The molecular formula is C11H15N5O7P+. The molecule has 130 valence electrons. The van der Waals surface area contributed by atoms with Crippen molar-refractivity contribution >= 4 is 13.7 Å². The first kappa shape index (κ1) is 18.3. The van der Waals surface area contributed by atoms with Gasteiger partial charge in [-0.1, -0.05) is 5.11 Å². The maximum absolute atomic E-state index is 11.2. The summed E-state index contributed by atoms with van der Waals surface area (Å²) in [7, 11) is -4.76. The number of amides is 1. The molecule has 0 aromatic carbocycles. The Hall–Kier alpha value is -2.04. The van der Waals surface area contributed by atoms with Gasteiger partial charge < -0.3 is 25.4 Å². The van der Waals surface area contributed by atoms with Crippen LogP contribution >= 0.6 is 7.82 Å². The summed E-state index contributed by atoms with van der Waals surface area (Å²) in [5.41, 5.74) is 13.9. The van der Waals surface area contributed by atoms with Gasteiger partial charge in [0, 0.05) is 11.0 Å². The number of phosphoric acid groups is 1. The molecule has 13 heteroatoms. The number of aliphatic hydroxyl groups is 1. The number of azide groups is 1. The van der Waals surface area contributed by atoms with Crippen LogP contribution in [-0.4, -0.2) is 45.7 Å². The number of hydrogen-bond donors (Lipinski definition) is 4. The number of aromatic nitrogens is 1. The Kier molecular flexibility index (Phi) is 5.52. The molecule has 1 amide bonds. The summed E-state index contributed by atoms with van der Waals surface area (Å²) in [5, 5.41) is 13.7. The second-order valence-corrected chi connectivity index (χ2v) is 6.18. The molecule has 1 saturated heterocycles. The van der Waals surface area contributed by atoms with Crippen molar-refractivity contribution in [2.75, 3.05) is 6.61 Å². The zero-order chi connectivity index (χ0) is 17.9. The smallest absolute Gasteiger partial charge is 0.383 e. The Labute approximate surface area is 135 Å². The molecule has 1 aromatic heterocycles. The third-order valence-electron chi connectivity index (χ3n) is 3.33. The van der Waals surface area contributed by atoms with Crippen molar-refractivity contribution in [3.63, 3.8) is 0 Å². The summed E-state index contributed by atoms with van der Waals surface area (Å²) >= 11 is 0. The maximum Gasteiger partial charge on any atom is 0.469 e. The highest BCUT2D eigenvalue weighted by atomic mass is 31.2. The van der Waals surface area contributed by atoms with Crippen LogP contribution in [0.15, 0.2) is 29.6 Å². The first-order valence-corrected chi connectivity index (χ1v) is 8.14. The summed E-state index contributed by atoms with van der Waals surface area (Å²) in [4.78, 5) is 31.3. The number of primary amides is 1. The first-order valence-electron chi connectivity index (χ1n) is 6.61. The molecule has 1 aromatic rings. The number of pyridine rings is 1. The first-order chi connectivity index (χ1) is 11.2. The third-order valence-corrected chi connectivity index (χ3v) is 3.82. The van der Waals surface area contributed by atoms with Crippen molar-refractivity contribution in [3.05, 3.63) is 40.5 Å². The Morgan fingerprint density at radius 1 is 1.58 bits per heavy atom. The molecule has 1 aliphatic heterocycles. The minimum Gasteiger partial charge on any atom is -0.383 e.